The number of ether oxygens (including phenoxy) is 2. The van der Waals surface area contributed by atoms with Gasteiger partial charge in [0.05, 0.1) is 30.8 Å². The molecular weight excluding hydrogens is 411 g/mol. The molecule has 0 bridgehead atoms. The number of halogens is 3. The van der Waals surface area contributed by atoms with Crippen molar-refractivity contribution < 1.29 is 27.4 Å². The molecule has 1 aliphatic carbocycles. The molecule has 31 heavy (non-hydrogen) atoms. The van der Waals surface area contributed by atoms with Crippen molar-refractivity contribution in [3.05, 3.63) is 47.4 Å². The van der Waals surface area contributed by atoms with E-state index in [-0.39, 0.29) is 28.7 Å². The fourth-order valence-corrected chi connectivity index (χ4v) is 3.41. The Bertz CT molecular complexity index is 1020. The molecule has 4 rings (SSSR count). The Morgan fingerprint density at radius 1 is 1.32 bits per heavy atom. The third-order valence-electron chi connectivity index (χ3n) is 5.08. The molecule has 6 nitrogen and oxygen atoms in total. The second-order valence-electron chi connectivity index (χ2n) is 7.59. The summed E-state index contributed by atoms with van der Waals surface area (Å²) >= 11 is 0. The van der Waals surface area contributed by atoms with Gasteiger partial charge < -0.3 is 14.8 Å². The number of hydrogen-bond donors (Lipinski definition) is 1. The lowest BCUT2D eigenvalue weighted by Crippen LogP contribution is -2.20. The van der Waals surface area contributed by atoms with Gasteiger partial charge in [0.25, 0.3) is 0 Å². The lowest BCUT2D eigenvalue weighted by molar-refractivity contribution is -0.153. The highest BCUT2D eigenvalue weighted by atomic mass is 19.4. The molecule has 1 aliphatic heterocycles. The Balaban J connectivity index is 1.72. The van der Waals surface area contributed by atoms with Gasteiger partial charge in [0.1, 0.15) is 5.69 Å². The summed E-state index contributed by atoms with van der Waals surface area (Å²) in [7, 11) is 0. The van der Waals surface area contributed by atoms with E-state index in [0.717, 1.165) is 24.1 Å². The molecule has 1 fully saturated rings. The topological polar surface area (TPSA) is 73.3 Å². The van der Waals surface area contributed by atoms with Gasteiger partial charge in [-0.15, -0.1) is 0 Å². The second kappa shape index (κ2) is 8.66. The van der Waals surface area contributed by atoms with Gasteiger partial charge in [0.15, 0.2) is 24.0 Å². The number of alkyl halides is 3. The van der Waals surface area contributed by atoms with E-state index in [0.29, 0.717) is 31.1 Å². The van der Waals surface area contributed by atoms with Gasteiger partial charge in [-0.1, -0.05) is 18.2 Å². The summed E-state index contributed by atoms with van der Waals surface area (Å²) in [6, 6.07) is 5.02. The Morgan fingerprint density at radius 3 is 2.77 bits per heavy atom. The number of anilines is 2. The monoisotopic (exact) mass is 433 g/mol. The lowest BCUT2D eigenvalue weighted by Gasteiger charge is -2.21. The molecular formula is C22H22F3N3O3. The van der Waals surface area contributed by atoms with Crippen LogP contribution in [0.3, 0.4) is 0 Å². The summed E-state index contributed by atoms with van der Waals surface area (Å²) in [5.74, 6) is 0.273. The molecule has 9 heteroatoms. The molecule has 2 heterocycles. The molecule has 2 aliphatic rings. The number of hydrogen-bond acceptors (Lipinski definition) is 6. The molecule has 0 amide bonds. The Hall–Kier alpha value is -2.94. The highest BCUT2D eigenvalue weighted by Crippen LogP contribution is 2.41. The first kappa shape index (κ1) is 21.3. The third kappa shape index (κ3) is 5.22. The number of rotatable bonds is 7. The van der Waals surface area contributed by atoms with Gasteiger partial charge in [-0.2, -0.15) is 13.2 Å². The number of carbonyl (C=O) groups excluding carboxylic acids is 1. The Labute approximate surface area is 177 Å². The molecule has 0 radical (unpaired) electrons. The number of nitrogens with zero attached hydrogens (tertiary/aromatic N) is 2. The van der Waals surface area contributed by atoms with E-state index >= 15 is 0 Å². The summed E-state index contributed by atoms with van der Waals surface area (Å²) in [6.07, 6.45) is 1.51. The largest absolute Gasteiger partial charge is 0.481 e. The summed E-state index contributed by atoms with van der Waals surface area (Å²) in [6.45, 7) is 0.809. The molecule has 2 aromatic rings. The maximum atomic E-state index is 12.9. The summed E-state index contributed by atoms with van der Waals surface area (Å²) in [5.41, 5.74) is 2.58. The standard InChI is InChI=1S/C22H22F3N3O3/c1-13(29)19-21(26-11-18(27-19)15-5-6-15)28-17-4-2-3-16(14-7-9-30-10-8-14)20(17)31-12-22(23,24)25/h2-4,7,11,15H,5-6,8-10,12H2,1H3,(H,26,28). The quantitative estimate of drug-likeness (QED) is 0.617. The predicted octanol–water partition coefficient (Wildman–Crippen LogP) is 5.05. The Morgan fingerprint density at radius 2 is 2.13 bits per heavy atom. The van der Waals surface area contributed by atoms with Crippen LogP contribution < -0.4 is 10.1 Å². The van der Waals surface area contributed by atoms with Crippen molar-refractivity contribution in [1.29, 1.82) is 0 Å². The maximum Gasteiger partial charge on any atom is 0.422 e. The lowest BCUT2D eigenvalue weighted by atomic mass is 9.99. The molecule has 164 valence electrons. The van der Waals surface area contributed by atoms with E-state index < -0.39 is 12.8 Å². The van der Waals surface area contributed by atoms with E-state index in [4.69, 9.17) is 9.47 Å². The number of Topliss-reactive ketones (excluding diaryl/α,β-unsaturated/α-hetero) is 1. The van der Waals surface area contributed by atoms with Crippen molar-refractivity contribution in [3.63, 3.8) is 0 Å². The van der Waals surface area contributed by atoms with Crippen LogP contribution in [0.4, 0.5) is 24.7 Å². The molecule has 0 unspecified atom stereocenters. The molecule has 1 N–H and O–H groups in total. The van der Waals surface area contributed by atoms with Gasteiger partial charge in [0.2, 0.25) is 0 Å². The number of ketones is 1. The fourth-order valence-electron chi connectivity index (χ4n) is 3.41. The number of carbonyl (C=O) groups is 1. The van der Waals surface area contributed by atoms with Crippen molar-refractivity contribution in [2.75, 3.05) is 25.1 Å². The minimum Gasteiger partial charge on any atom is -0.481 e. The van der Waals surface area contributed by atoms with E-state index in [9.17, 15) is 18.0 Å². The predicted molar refractivity (Wildman–Crippen MR) is 109 cm³/mol. The fraction of sp³-hybridized carbons (Fsp3) is 0.409. The normalized spacial score (nSPS) is 16.6. The van der Waals surface area contributed by atoms with E-state index in [1.807, 2.05) is 6.08 Å². The first-order valence-corrected chi connectivity index (χ1v) is 10.1. The summed E-state index contributed by atoms with van der Waals surface area (Å²) in [5, 5.41) is 2.98. The Kier molecular flexibility index (Phi) is 5.95. The van der Waals surface area contributed by atoms with E-state index in [1.54, 1.807) is 24.4 Å². The smallest absolute Gasteiger partial charge is 0.422 e. The number of nitrogens with one attached hydrogen (secondary N) is 1. The third-order valence-corrected chi connectivity index (χ3v) is 5.08. The van der Waals surface area contributed by atoms with Crippen LogP contribution in [0.15, 0.2) is 30.5 Å². The first-order valence-electron chi connectivity index (χ1n) is 10.1. The molecule has 0 saturated heterocycles. The molecule has 1 saturated carbocycles. The average Bonchev–Trinajstić information content (AvgIpc) is 3.58. The van der Waals surface area contributed by atoms with E-state index in [1.165, 1.54) is 6.92 Å². The van der Waals surface area contributed by atoms with Crippen molar-refractivity contribution in [2.45, 2.75) is 38.3 Å². The highest BCUT2D eigenvalue weighted by Gasteiger charge is 2.30. The van der Waals surface area contributed by atoms with Crippen molar-refractivity contribution >= 4 is 22.9 Å². The average molecular weight is 433 g/mol. The second-order valence-corrected chi connectivity index (χ2v) is 7.59. The van der Waals surface area contributed by atoms with Gasteiger partial charge in [0, 0.05) is 18.4 Å². The number of aromatic nitrogens is 2. The molecule has 1 aromatic heterocycles. The van der Waals surface area contributed by atoms with Crippen LogP contribution in [-0.4, -0.2) is 41.7 Å². The van der Waals surface area contributed by atoms with Gasteiger partial charge in [-0.25, -0.2) is 9.97 Å². The minimum absolute atomic E-state index is 0.0514. The summed E-state index contributed by atoms with van der Waals surface area (Å²) < 4.78 is 49.3. The summed E-state index contributed by atoms with van der Waals surface area (Å²) in [4.78, 5) is 20.9. The molecule has 0 atom stereocenters. The first-order chi connectivity index (χ1) is 14.8. The minimum atomic E-state index is -4.50. The van der Waals surface area contributed by atoms with Gasteiger partial charge in [-0.05, 0) is 30.9 Å². The number of para-hydroxylation sites is 1. The highest BCUT2D eigenvalue weighted by molar-refractivity contribution is 5.97. The zero-order valence-corrected chi connectivity index (χ0v) is 17.0. The van der Waals surface area contributed by atoms with Crippen LogP contribution in [0.25, 0.3) is 5.57 Å². The van der Waals surface area contributed by atoms with Gasteiger partial charge >= 0.3 is 6.18 Å². The van der Waals surface area contributed by atoms with Crippen molar-refractivity contribution in [3.8, 4) is 5.75 Å². The molecule has 1 aromatic carbocycles. The van der Waals surface area contributed by atoms with E-state index in [2.05, 4.69) is 15.3 Å². The zero-order chi connectivity index (χ0) is 22.0. The van der Waals surface area contributed by atoms with Crippen LogP contribution in [0.2, 0.25) is 0 Å². The van der Waals surface area contributed by atoms with Crippen LogP contribution >= 0.6 is 0 Å². The van der Waals surface area contributed by atoms with Crippen LogP contribution in [0.5, 0.6) is 5.75 Å². The molecule has 0 spiro atoms. The maximum absolute atomic E-state index is 12.9. The van der Waals surface area contributed by atoms with Gasteiger partial charge in [-0.3, -0.25) is 4.79 Å². The van der Waals surface area contributed by atoms with Crippen LogP contribution in [0, 0.1) is 0 Å². The van der Waals surface area contributed by atoms with Crippen LogP contribution in [0.1, 0.15) is 53.8 Å². The van der Waals surface area contributed by atoms with Crippen molar-refractivity contribution in [1.82, 2.24) is 9.97 Å². The zero-order valence-electron chi connectivity index (χ0n) is 17.0. The van der Waals surface area contributed by atoms with Crippen molar-refractivity contribution in [2.24, 2.45) is 0 Å². The SMILES string of the molecule is CC(=O)c1nc(C2CC2)cnc1Nc1cccc(C2=CCOCC2)c1OCC(F)(F)F. The van der Waals surface area contributed by atoms with Crippen LogP contribution in [-0.2, 0) is 4.74 Å². The number of benzene rings is 1.